The van der Waals surface area contributed by atoms with Gasteiger partial charge in [-0.15, -0.1) is 0 Å². The summed E-state index contributed by atoms with van der Waals surface area (Å²) in [5, 5.41) is 24.3. The first-order valence-electron chi connectivity index (χ1n) is 12.3. The molecule has 0 heterocycles. The van der Waals surface area contributed by atoms with Gasteiger partial charge in [0.15, 0.2) is 0 Å². The number of carboxylic acid groups (broad SMARTS) is 2. The summed E-state index contributed by atoms with van der Waals surface area (Å²) in [4.78, 5) is 38.6. The maximum Gasteiger partial charge on any atom is 0.326 e. The van der Waals surface area contributed by atoms with E-state index in [0.717, 1.165) is 21.9 Å². The average molecular weight is 491 g/mol. The Kier molecular flexibility index (Phi) is 9.45. The standard InChI is InChI=1S/C29H34N2O5/c1-20(2)18-31(19-25(27(32)33)15-12-21-8-4-3-5-9-21)29(36)30-26(28(34)35)17-22-13-14-23-10-6-7-11-24(23)16-22/h3-11,13-14,16,20,25-26H,12,15,17-19H2,1-2H3,(H,30,36)(H,32,33)(H,34,35)/t25-,26-/m0/s1. The molecule has 0 saturated carbocycles. The second-order valence-electron chi connectivity index (χ2n) is 9.58. The van der Waals surface area contributed by atoms with Crippen molar-refractivity contribution in [2.75, 3.05) is 13.1 Å². The van der Waals surface area contributed by atoms with Crippen LogP contribution in [0.3, 0.4) is 0 Å². The predicted octanol–water partition coefficient (Wildman–Crippen LogP) is 4.84. The lowest BCUT2D eigenvalue weighted by molar-refractivity contribution is -0.142. The Bertz CT molecular complexity index is 1180. The highest BCUT2D eigenvalue weighted by Gasteiger charge is 2.28. The second-order valence-corrected chi connectivity index (χ2v) is 9.58. The number of hydrogen-bond acceptors (Lipinski definition) is 3. The summed E-state index contributed by atoms with van der Waals surface area (Å²) >= 11 is 0. The number of carbonyl (C=O) groups excluding carboxylic acids is 1. The molecule has 2 amide bonds. The van der Waals surface area contributed by atoms with Crippen LogP contribution in [0.15, 0.2) is 72.8 Å². The predicted molar refractivity (Wildman–Crippen MR) is 140 cm³/mol. The first kappa shape index (κ1) is 26.7. The number of amides is 2. The molecule has 0 aromatic heterocycles. The van der Waals surface area contributed by atoms with E-state index in [-0.39, 0.29) is 18.9 Å². The Morgan fingerprint density at radius 3 is 2.11 bits per heavy atom. The summed E-state index contributed by atoms with van der Waals surface area (Å²) < 4.78 is 0. The van der Waals surface area contributed by atoms with Gasteiger partial charge in [-0.3, -0.25) is 4.79 Å². The van der Waals surface area contributed by atoms with Gasteiger partial charge in [0, 0.05) is 19.5 Å². The molecule has 0 radical (unpaired) electrons. The molecule has 7 heteroatoms. The van der Waals surface area contributed by atoms with Crippen molar-refractivity contribution in [1.82, 2.24) is 10.2 Å². The van der Waals surface area contributed by atoms with Gasteiger partial charge in [-0.2, -0.15) is 0 Å². The maximum absolute atomic E-state index is 13.2. The highest BCUT2D eigenvalue weighted by Crippen LogP contribution is 2.18. The largest absolute Gasteiger partial charge is 0.481 e. The van der Waals surface area contributed by atoms with Gasteiger partial charge in [-0.25, -0.2) is 9.59 Å². The number of nitrogens with one attached hydrogen (secondary N) is 1. The van der Waals surface area contributed by atoms with E-state index in [9.17, 15) is 24.6 Å². The number of nitrogens with zero attached hydrogens (tertiary/aromatic N) is 1. The fraction of sp³-hybridized carbons (Fsp3) is 0.345. The normalized spacial score (nSPS) is 12.8. The summed E-state index contributed by atoms with van der Waals surface area (Å²) in [5.74, 6) is -2.79. The van der Waals surface area contributed by atoms with Crippen molar-refractivity contribution in [1.29, 1.82) is 0 Å². The van der Waals surface area contributed by atoms with E-state index < -0.39 is 29.9 Å². The lowest BCUT2D eigenvalue weighted by Gasteiger charge is -2.29. The smallest absolute Gasteiger partial charge is 0.326 e. The number of hydrogen-bond donors (Lipinski definition) is 3. The van der Waals surface area contributed by atoms with Crippen molar-refractivity contribution >= 4 is 28.7 Å². The van der Waals surface area contributed by atoms with E-state index in [1.807, 2.05) is 86.6 Å². The Labute approximate surface area is 211 Å². The number of aliphatic carboxylic acids is 2. The van der Waals surface area contributed by atoms with Crippen molar-refractivity contribution < 1.29 is 24.6 Å². The first-order chi connectivity index (χ1) is 17.2. The molecule has 0 spiro atoms. The lowest BCUT2D eigenvalue weighted by Crippen LogP contribution is -2.51. The van der Waals surface area contributed by atoms with Crippen molar-refractivity contribution in [3.05, 3.63) is 83.9 Å². The fourth-order valence-corrected chi connectivity index (χ4v) is 4.27. The number of carboxylic acids is 2. The van der Waals surface area contributed by atoms with E-state index in [4.69, 9.17) is 0 Å². The van der Waals surface area contributed by atoms with E-state index in [1.165, 1.54) is 4.90 Å². The van der Waals surface area contributed by atoms with Crippen LogP contribution in [0.1, 0.15) is 31.4 Å². The van der Waals surface area contributed by atoms with Crippen LogP contribution in [-0.4, -0.2) is 52.2 Å². The molecule has 3 rings (SSSR count). The zero-order valence-corrected chi connectivity index (χ0v) is 20.8. The van der Waals surface area contributed by atoms with Crippen molar-refractivity contribution in [2.45, 2.75) is 39.2 Å². The molecule has 190 valence electrons. The van der Waals surface area contributed by atoms with Gasteiger partial charge in [-0.1, -0.05) is 86.6 Å². The number of rotatable bonds is 12. The minimum atomic E-state index is -1.14. The Balaban J connectivity index is 1.70. The zero-order chi connectivity index (χ0) is 26.1. The summed E-state index contributed by atoms with van der Waals surface area (Å²) in [5.41, 5.74) is 1.83. The third kappa shape index (κ3) is 7.83. The third-order valence-corrected chi connectivity index (χ3v) is 6.14. The van der Waals surface area contributed by atoms with Gasteiger partial charge in [0.25, 0.3) is 0 Å². The number of benzene rings is 3. The van der Waals surface area contributed by atoms with Crippen molar-refractivity contribution in [2.24, 2.45) is 11.8 Å². The van der Waals surface area contributed by atoms with Gasteiger partial charge in [0.1, 0.15) is 6.04 Å². The van der Waals surface area contributed by atoms with Crippen LogP contribution in [0.4, 0.5) is 4.79 Å². The van der Waals surface area contributed by atoms with E-state index in [1.54, 1.807) is 0 Å². The van der Waals surface area contributed by atoms with E-state index >= 15 is 0 Å². The van der Waals surface area contributed by atoms with Crippen LogP contribution < -0.4 is 5.32 Å². The van der Waals surface area contributed by atoms with Gasteiger partial charge < -0.3 is 20.4 Å². The SMILES string of the molecule is CC(C)CN(C[C@H](CCc1ccccc1)C(=O)O)C(=O)N[C@@H](Cc1ccc2ccccc2c1)C(=O)O. The molecule has 0 bridgehead atoms. The minimum absolute atomic E-state index is 0.00843. The van der Waals surface area contributed by atoms with Crippen LogP contribution in [0.2, 0.25) is 0 Å². The number of urea groups is 1. The van der Waals surface area contributed by atoms with Gasteiger partial charge in [-0.05, 0) is 40.7 Å². The second kappa shape index (κ2) is 12.7. The fourth-order valence-electron chi connectivity index (χ4n) is 4.27. The Morgan fingerprint density at radius 1 is 0.806 bits per heavy atom. The molecule has 2 atom stereocenters. The summed E-state index contributed by atoms with van der Waals surface area (Å²) in [7, 11) is 0. The topological polar surface area (TPSA) is 107 Å². The van der Waals surface area contributed by atoms with Crippen LogP contribution in [0, 0.1) is 11.8 Å². The van der Waals surface area contributed by atoms with Crippen molar-refractivity contribution in [3.63, 3.8) is 0 Å². The third-order valence-electron chi connectivity index (χ3n) is 6.14. The molecule has 0 aliphatic carbocycles. The Morgan fingerprint density at radius 2 is 1.47 bits per heavy atom. The molecule has 36 heavy (non-hydrogen) atoms. The minimum Gasteiger partial charge on any atom is -0.481 e. The number of fused-ring (bicyclic) bond motifs is 1. The van der Waals surface area contributed by atoms with E-state index in [0.29, 0.717) is 19.4 Å². The first-order valence-corrected chi connectivity index (χ1v) is 12.3. The van der Waals surface area contributed by atoms with Crippen LogP contribution >= 0.6 is 0 Å². The molecule has 3 aromatic carbocycles. The Hall–Kier alpha value is -3.87. The average Bonchev–Trinajstić information content (AvgIpc) is 2.85. The molecule has 3 N–H and O–H groups in total. The van der Waals surface area contributed by atoms with Gasteiger partial charge >= 0.3 is 18.0 Å². The van der Waals surface area contributed by atoms with Gasteiger partial charge in [0.05, 0.1) is 5.92 Å². The summed E-state index contributed by atoms with van der Waals surface area (Å²) in [6.45, 7) is 4.20. The van der Waals surface area contributed by atoms with E-state index in [2.05, 4.69) is 5.32 Å². The molecule has 0 aliphatic rings. The summed E-state index contributed by atoms with van der Waals surface area (Å²) in [6, 6.07) is 21.4. The maximum atomic E-state index is 13.2. The van der Waals surface area contributed by atoms with Gasteiger partial charge in [0.2, 0.25) is 0 Å². The molecule has 3 aromatic rings. The molecule has 0 aliphatic heterocycles. The molecule has 7 nitrogen and oxygen atoms in total. The van der Waals surface area contributed by atoms with Crippen LogP contribution in [0.25, 0.3) is 10.8 Å². The lowest BCUT2D eigenvalue weighted by atomic mass is 9.98. The molecule has 0 saturated heterocycles. The van der Waals surface area contributed by atoms with Crippen molar-refractivity contribution in [3.8, 4) is 0 Å². The quantitative estimate of drug-likeness (QED) is 0.337. The molecular formula is C29H34N2O5. The number of carbonyl (C=O) groups is 3. The highest BCUT2D eigenvalue weighted by atomic mass is 16.4. The zero-order valence-electron chi connectivity index (χ0n) is 20.8. The monoisotopic (exact) mass is 490 g/mol. The molecular weight excluding hydrogens is 456 g/mol. The highest BCUT2D eigenvalue weighted by molar-refractivity contribution is 5.85. The van der Waals surface area contributed by atoms with Crippen LogP contribution in [0.5, 0.6) is 0 Å². The number of aryl methyl sites for hydroxylation is 1. The molecule has 0 fully saturated rings. The molecule has 0 unspecified atom stereocenters. The van der Waals surface area contributed by atoms with Crippen LogP contribution in [-0.2, 0) is 22.4 Å². The summed E-state index contributed by atoms with van der Waals surface area (Å²) in [6.07, 6.45) is 1.08.